The Bertz CT molecular complexity index is 1340. The number of hydrogen-bond acceptors (Lipinski definition) is 6. The summed E-state index contributed by atoms with van der Waals surface area (Å²) in [7, 11) is 4.24. The van der Waals surface area contributed by atoms with Gasteiger partial charge < -0.3 is 19.5 Å². The van der Waals surface area contributed by atoms with Gasteiger partial charge in [0, 0.05) is 48.7 Å². The minimum Gasteiger partial charge on any atom is -0.371 e. The average molecular weight is 448 g/mol. The molecule has 4 heterocycles. The minimum atomic E-state index is -0.498. The average Bonchev–Trinajstić information content (AvgIpc) is 3.19. The molecular formula is C24H26FN7O. The minimum absolute atomic E-state index is 0.226. The Balaban J connectivity index is 1.44. The Labute approximate surface area is 191 Å². The summed E-state index contributed by atoms with van der Waals surface area (Å²) in [6, 6.07) is 7.49. The van der Waals surface area contributed by atoms with E-state index < -0.39 is 5.82 Å². The molecule has 1 fully saturated rings. The molecule has 0 atom stereocenters. The third kappa shape index (κ3) is 4.00. The highest BCUT2D eigenvalue weighted by Gasteiger charge is 2.23. The van der Waals surface area contributed by atoms with Crippen molar-refractivity contribution in [3.63, 3.8) is 0 Å². The van der Waals surface area contributed by atoms with Crippen LogP contribution in [-0.2, 0) is 0 Å². The zero-order valence-corrected chi connectivity index (χ0v) is 18.9. The van der Waals surface area contributed by atoms with Crippen LogP contribution >= 0.6 is 0 Å². The highest BCUT2D eigenvalue weighted by atomic mass is 19.1. The van der Waals surface area contributed by atoms with Crippen molar-refractivity contribution < 1.29 is 9.18 Å². The molecule has 0 spiro atoms. The summed E-state index contributed by atoms with van der Waals surface area (Å²) in [5.74, 6) is -0.865. The molecule has 1 amide bonds. The molecule has 0 saturated carbocycles. The SMILES string of the molecule is Cc1cn2cc(NC(=O)c3ccc(N4CCC(N(C)C)CC4)c4ccnnc34)cc(F)c2n1. The van der Waals surface area contributed by atoms with Gasteiger partial charge in [-0.05, 0) is 52.1 Å². The van der Waals surface area contributed by atoms with E-state index in [-0.39, 0.29) is 11.6 Å². The van der Waals surface area contributed by atoms with Gasteiger partial charge in [0.1, 0.15) is 5.52 Å². The molecule has 1 aromatic carbocycles. The molecule has 8 nitrogen and oxygen atoms in total. The molecule has 1 N–H and O–H groups in total. The Kier molecular flexibility index (Phi) is 5.41. The van der Waals surface area contributed by atoms with Gasteiger partial charge in [0.15, 0.2) is 11.5 Å². The first kappa shape index (κ1) is 21.3. The molecule has 3 aromatic heterocycles. The van der Waals surface area contributed by atoms with E-state index in [2.05, 4.69) is 44.4 Å². The fourth-order valence-corrected chi connectivity index (χ4v) is 4.60. The lowest BCUT2D eigenvalue weighted by Gasteiger charge is -2.37. The molecule has 170 valence electrons. The fraction of sp³-hybridized carbons (Fsp3) is 0.333. The summed E-state index contributed by atoms with van der Waals surface area (Å²) >= 11 is 0. The third-order valence-corrected chi connectivity index (χ3v) is 6.32. The van der Waals surface area contributed by atoms with E-state index in [1.54, 1.807) is 36.0 Å². The molecule has 1 saturated heterocycles. The molecule has 0 radical (unpaired) electrons. The number of carbonyl (C=O) groups excluding carboxylic acids is 1. The predicted octanol–water partition coefficient (Wildman–Crippen LogP) is 3.51. The van der Waals surface area contributed by atoms with Crippen molar-refractivity contribution in [3.05, 3.63) is 59.9 Å². The quantitative estimate of drug-likeness (QED) is 0.516. The predicted molar refractivity (Wildman–Crippen MR) is 126 cm³/mol. The van der Waals surface area contributed by atoms with Gasteiger partial charge in [-0.2, -0.15) is 5.10 Å². The highest BCUT2D eigenvalue weighted by Crippen LogP contribution is 2.31. The first-order chi connectivity index (χ1) is 15.9. The summed E-state index contributed by atoms with van der Waals surface area (Å²) in [6.45, 7) is 3.67. The van der Waals surface area contributed by atoms with Gasteiger partial charge in [0.2, 0.25) is 0 Å². The maximum Gasteiger partial charge on any atom is 0.257 e. The van der Waals surface area contributed by atoms with Crippen LogP contribution in [0.15, 0.2) is 42.9 Å². The molecular weight excluding hydrogens is 421 g/mol. The van der Waals surface area contributed by atoms with Gasteiger partial charge >= 0.3 is 0 Å². The van der Waals surface area contributed by atoms with Gasteiger partial charge in [-0.1, -0.05) is 0 Å². The second-order valence-corrected chi connectivity index (χ2v) is 8.75. The van der Waals surface area contributed by atoms with E-state index in [0.29, 0.717) is 28.5 Å². The van der Waals surface area contributed by atoms with Crippen LogP contribution in [0.2, 0.25) is 0 Å². The number of aryl methyl sites for hydroxylation is 1. The van der Waals surface area contributed by atoms with Crippen LogP contribution < -0.4 is 10.2 Å². The summed E-state index contributed by atoms with van der Waals surface area (Å²) < 4.78 is 16.0. The van der Waals surface area contributed by atoms with Crippen molar-refractivity contribution in [2.45, 2.75) is 25.8 Å². The molecule has 9 heteroatoms. The number of hydrogen-bond donors (Lipinski definition) is 1. The van der Waals surface area contributed by atoms with Gasteiger partial charge in [-0.25, -0.2) is 9.37 Å². The van der Waals surface area contributed by atoms with E-state index in [1.807, 2.05) is 12.1 Å². The number of piperidine rings is 1. The monoisotopic (exact) mass is 447 g/mol. The number of pyridine rings is 1. The van der Waals surface area contributed by atoms with Crippen molar-refractivity contribution >= 4 is 33.8 Å². The number of benzene rings is 1. The molecule has 4 aromatic rings. The van der Waals surface area contributed by atoms with Crippen LogP contribution in [0.25, 0.3) is 16.6 Å². The lowest BCUT2D eigenvalue weighted by Crippen LogP contribution is -2.42. The Morgan fingerprint density at radius 3 is 2.73 bits per heavy atom. The number of aromatic nitrogens is 4. The van der Waals surface area contributed by atoms with Crippen molar-refractivity contribution in [2.24, 2.45) is 0 Å². The number of fused-ring (bicyclic) bond motifs is 2. The Morgan fingerprint density at radius 1 is 1.18 bits per heavy atom. The summed E-state index contributed by atoms with van der Waals surface area (Å²) in [4.78, 5) is 21.9. The highest BCUT2D eigenvalue weighted by molar-refractivity contribution is 6.13. The first-order valence-corrected chi connectivity index (χ1v) is 11.0. The van der Waals surface area contributed by atoms with Gasteiger partial charge in [0.25, 0.3) is 5.91 Å². The second kappa shape index (κ2) is 8.40. The largest absolute Gasteiger partial charge is 0.371 e. The molecule has 33 heavy (non-hydrogen) atoms. The van der Waals surface area contributed by atoms with E-state index in [1.165, 1.54) is 6.07 Å². The number of rotatable bonds is 4. The summed E-state index contributed by atoms with van der Waals surface area (Å²) in [5.41, 5.74) is 3.24. The van der Waals surface area contributed by atoms with Crippen LogP contribution in [0.1, 0.15) is 28.9 Å². The maximum atomic E-state index is 14.4. The second-order valence-electron chi connectivity index (χ2n) is 8.75. The fourth-order valence-electron chi connectivity index (χ4n) is 4.60. The van der Waals surface area contributed by atoms with Gasteiger partial charge in [-0.3, -0.25) is 4.79 Å². The lowest BCUT2D eigenvalue weighted by molar-refractivity contribution is 0.102. The molecule has 0 bridgehead atoms. The lowest BCUT2D eigenvalue weighted by atomic mass is 10.0. The number of nitrogens with zero attached hydrogens (tertiary/aromatic N) is 6. The number of halogens is 1. The third-order valence-electron chi connectivity index (χ3n) is 6.32. The zero-order chi connectivity index (χ0) is 23.1. The van der Waals surface area contributed by atoms with Gasteiger partial charge in [-0.15, -0.1) is 5.10 Å². The number of nitrogens with one attached hydrogen (secondary N) is 1. The van der Waals surface area contributed by atoms with Crippen LogP contribution in [0, 0.1) is 12.7 Å². The van der Waals surface area contributed by atoms with E-state index in [0.717, 1.165) is 37.0 Å². The molecule has 0 unspecified atom stereocenters. The number of anilines is 2. The summed E-state index contributed by atoms with van der Waals surface area (Å²) in [5, 5.41) is 12.0. The van der Waals surface area contributed by atoms with Crippen molar-refractivity contribution in [3.8, 4) is 0 Å². The van der Waals surface area contributed by atoms with Crippen LogP contribution in [0.5, 0.6) is 0 Å². The molecule has 0 aliphatic carbocycles. The standard InChI is InChI=1S/C24H26FN7O/c1-15-13-32-14-16(12-20(25)23(32)27-15)28-24(33)19-4-5-21(18-6-9-26-29-22(18)19)31-10-7-17(8-11-31)30(2)3/h4-6,9,12-14,17H,7-8,10-11H2,1-3H3,(H,28,33). The molecule has 1 aliphatic heterocycles. The van der Waals surface area contributed by atoms with Crippen LogP contribution in [0.3, 0.4) is 0 Å². The van der Waals surface area contributed by atoms with E-state index in [4.69, 9.17) is 0 Å². The normalized spacial score (nSPS) is 15.0. The van der Waals surface area contributed by atoms with Crippen molar-refractivity contribution in [1.29, 1.82) is 0 Å². The molecule has 1 aliphatic rings. The number of carbonyl (C=O) groups is 1. The smallest absolute Gasteiger partial charge is 0.257 e. The zero-order valence-electron chi connectivity index (χ0n) is 18.9. The van der Waals surface area contributed by atoms with Gasteiger partial charge in [0.05, 0.1) is 23.1 Å². The molecule has 5 rings (SSSR count). The Hall–Kier alpha value is -3.59. The first-order valence-electron chi connectivity index (χ1n) is 11.0. The van der Waals surface area contributed by atoms with Crippen molar-refractivity contribution in [2.75, 3.05) is 37.4 Å². The van der Waals surface area contributed by atoms with E-state index in [9.17, 15) is 9.18 Å². The maximum absolute atomic E-state index is 14.4. The summed E-state index contributed by atoms with van der Waals surface area (Å²) in [6.07, 6.45) is 7.16. The van der Waals surface area contributed by atoms with Crippen LogP contribution in [-0.4, -0.2) is 63.6 Å². The van der Waals surface area contributed by atoms with Crippen LogP contribution in [0.4, 0.5) is 15.8 Å². The Morgan fingerprint density at radius 2 is 1.97 bits per heavy atom. The van der Waals surface area contributed by atoms with Crippen molar-refractivity contribution in [1.82, 2.24) is 24.5 Å². The number of amides is 1. The van der Waals surface area contributed by atoms with E-state index >= 15 is 0 Å². The number of imidazole rings is 1. The topological polar surface area (TPSA) is 78.7 Å².